The van der Waals surface area contributed by atoms with Crippen LogP contribution in [-0.2, 0) is 5.92 Å². The van der Waals surface area contributed by atoms with Crippen LogP contribution in [0.4, 0.5) is 22.0 Å². The van der Waals surface area contributed by atoms with Gasteiger partial charge in [0.2, 0.25) is 5.89 Å². The van der Waals surface area contributed by atoms with Crippen LogP contribution in [0.5, 0.6) is 0 Å². The van der Waals surface area contributed by atoms with Crippen molar-refractivity contribution in [2.24, 2.45) is 0 Å². The van der Waals surface area contributed by atoms with Gasteiger partial charge >= 0.3 is 12.1 Å². The molecular formula is C13H5BrF5NOS2. The number of rotatable bonds is 3. The first-order valence-corrected chi connectivity index (χ1v) is 9.50. The zero-order chi connectivity index (χ0) is 16.8. The van der Waals surface area contributed by atoms with Crippen molar-refractivity contribution in [1.29, 1.82) is 0 Å². The standard InChI is InChI=1S/C13H5BrF5NOS2/c14-23-9-3-4-22-10(9)11-20-7-5-6(1-2-8(7)21-11)12(15,16)13(17,18)19/h1-5H. The maximum absolute atomic E-state index is 13.4. The predicted octanol–water partition coefficient (Wildman–Crippen LogP) is 6.61. The van der Waals surface area contributed by atoms with Crippen molar-refractivity contribution in [3.63, 3.8) is 0 Å². The molecule has 2 heterocycles. The monoisotopic (exact) mass is 429 g/mol. The van der Waals surface area contributed by atoms with E-state index in [0.717, 1.165) is 11.0 Å². The molecule has 23 heavy (non-hydrogen) atoms. The third kappa shape index (κ3) is 2.87. The van der Waals surface area contributed by atoms with Gasteiger partial charge in [-0.05, 0) is 54.7 Å². The Morgan fingerprint density at radius 2 is 1.87 bits per heavy atom. The van der Waals surface area contributed by atoms with Crippen molar-refractivity contribution in [2.75, 3.05) is 0 Å². The first-order valence-electron chi connectivity index (χ1n) is 5.96. The number of halogens is 6. The van der Waals surface area contributed by atoms with Crippen LogP contribution in [0.3, 0.4) is 0 Å². The molecule has 122 valence electrons. The number of thiophene rings is 1. The highest BCUT2D eigenvalue weighted by Crippen LogP contribution is 2.45. The number of alkyl halides is 5. The molecule has 2 aromatic heterocycles. The van der Waals surface area contributed by atoms with E-state index in [9.17, 15) is 22.0 Å². The number of oxazole rings is 1. The summed E-state index contributed by atoms with van der Waals surface area (Å²) in [6, 6.07) is 4.26. The number of benzene rings is 1. The van der Waals surface area contributed by atoms with E-state index in [4.69, 9.17) is 4.42 Å². The highest BCUT2D eigenvalue weighted by molar-refractivity contribution is 9.50. The molecule has 2 nitrogen and oxygen atoms in total. The Hall–Kier alpha value is -1.13. The van der Waals surface area contributed by atoms with E-state index in [1.165, 1.54) is 21.5 Å². The number of aromatic nitrogens is 1. The van der Waals surface area contributed by atoms with Gasteiger partial charge in [-0.3, -0.25) is 0 Å². The van der Waals surface area contributed by atoms with E-state index in [-0.39, 0.29) is 17.0 Å². The molecule has 0 saturated carbocycles. The van der Waals surface area contributed by atoms with Crippen LogP contribution in [0.15, 0.2) is 39.0 Å². The van der Waals surface area contributed by atoms with Gasteiger partial charge in [0.25, 0.3) is 0 Å². The smallest absolute Gasteiger partial charge is 0.435 e. The normalized spacial score (nSPS) is 13.0. The highest BCUT2D eigenvalue weighted by Gasteiger charge is 2.58. The molecule has 3 aromatic rings. The van der Waals surface area contributed by atoms with Gasteiger partial charge in [-0.1, -0.05) is 0 Å². The summed E-state index contributed by atoms with van der Waals surface area (Å²) in [5, 5.41) is 1.79. The lowest BCUT2D eigenvalue weighted by Gasteiger charge is -2.19. The molecule has 0 aliphatic rings. The second-order valence-corrected chi connectivity index (χ2v) is 6.95. The molecule has 0 fully saturated rings. The van der Waals surface area contributed by atoms with E-state index in [1.807, 2.05) is 0 Å². The lowest BCUT2D eigenvalue weighted by atomic mass is 10.1. The lowest BCUT2D eigenvalue weighted by Crippen LogP contribution is -2.33. The molecule has 0 saturated heterocycles. The van der Waals surface area contributed by atoms with Gasteiger partial charge in [0.15, 0.2) is 5.58 Å². The second-order valence-electron chi connectivity index (χ2n) is 4.46. The van der Waals surface area contributed by atoms with Crippen LogP contribution in [0, 0.1) is 0 Å². The lowest BCUT2D eigenvalue weighted by molar-refractivity contribution is -0.289. The fraction of sp³-hybridized carbons (Fsp3) is 0.154. The van der Waals surface area contributed by atoms with Crippen LogP contribution < -0.4 is 0 Å². The van der Waals surface area contributed by atoms with E-state index in [1.54, 1.807) is 11.4 Å². The molecule has 0 bridgehead atoms. The molecule has 0 aliphatic heterocycles. The molecule has 0 atom stereocenters. The summed E-state index contributed by atoms with van der Waals surface area (Å²) in [6.07, 6.45) is -5.67. The van der Waals surface area contributed by atoms with Crippen LogP contribution in [-0.4, -0.2) is 11.2 Å². The Morgan fingerprint density at radius 3 is 2.52 bits per heavy atom. The Kier molecular flexibility index (Phi) is 4.18. The van der Waals surface area contributed by atoms with Crippen LogP contribution in [0.2, 0.25) is 0 Å². The summed E-state index contributed by atoms with van der Waals surface area (Å²) in [5.74, 6) is -4.77. The fourth-order valence-electron chi connectivity index (χ4n) is 1.90. The Morgan fingerprint density at radius 1 is 1.13 bits per heavy atom. The van der Waals surface area contributed by atoms with Gasteiger partial charge in [-0.25, -0.2) is 4.98 Å². The van der Waals surface area contributed by atoms with Crippen molar-refractivity contribution < 1.29 is 26.4 Å². The first-order chi connectivity index (χ1) is 10.7. The average Bonchev–Trinajstić information content (AvgIpc) is 3.10. The van der Waals surface area contributed by atoms with Gasteiger partial charge in [0.1, 0.15) is 10.4 Å². The topological polar surface area (TPSA) is 26.0 Å². The minimum atomic E-state index is -5.67. The number of nitrogens with zero attached hydrogens (tertiary/aromatic N) is 1. The maximum Gasteiger partial charge on any atom is 0.458 e. The van der Waals surface area contributed by atoms with Crippen molar-refractivity contribution >= 4 is 47.4 Å². The minimum Gasteiger partial charge on any atom is -0.435 e. The zero-order valence-corrected chi connectivity index (χ0v) is 14.0. The second kappa shape index (κ2) is 5.75. The molecule has 10 heteroatoms. The van der Waals surface area contributed by atoms with Crippen LogP contribution >= 0.6 is 36.3 Å². The van der Waals surface area contributed by atoms with E-state index < -0.39 is 17.7 Å². The van der Waals surface area contributed by atoms with E-state index in [0.29, 0.717) is 17.0 Å². The molecule has 0 spiro atoms. The number of hydrogen-bond acceptors (Lipinski definition) is 4. The van der Waals surface area contributed by atoms with Crippen LogP contribution in [0.25, 0.3) is 21.9 Å². The summed E-state index contributed by atoms with van der Waals surface area (Å²) < 4.78 is 69.6. The van der Waals surface area contributed by atoms with Crippen molar-refractivity contribution in [3.05, 3.63) is 35.2 Å². The molecular weight excluding hydrogens is 425 g/mol. The van der Waals surface area contributed by atoms with Gasteiger partial charge in [-0.15, -0.1) is 11.3 Å². The molecule has 0 amide bonds. The Bertz CT molecular complexity index is 858. The number of hydrogen-bond donors (Lipinski definition) is 0. The zero-order valence-electron chi connectivity index (χ0n) is 10.8. The van der Waals surface area contributed by atoms with Gasteiger partial charge in [-0.2, -0.15) is 22.0 Å². The Labute approximate surface area is 141 Å². The van der Waals surface area contributed by atoms with Crippen LogP contribution in [0.1, 0.15) is 5.56 Å². The fourth-order valence-corrected chi connectivity index (χ4v) is 4.37. The first kappa shape index (κ1) is 16.7. The van der Waals surface area contributed by atoms with Gasteiger partial charge < -0.3 is 4.42 Å². The molecule has 1 aromatic carbocycles. The SMILES string of the molecule is FC(F)(F)C(F)(F)c1ccc2oc(-c3sccc3SBr)nc2c1. The molecule has 0 unspecified atom stereocenters. The van der Waals surface area contributed by atoms with Crippen molar-refractivity contribution in [3.8, 4) is 10.8 Å². The largest absolute Gasteiger partial charge is 0.458 e. The summed E-state index contributed by atoms with van der Waals surface area (Å²) in [7, 11) is 1.27. The quantitative estimate of drug-likeness (QED) is 0.438. The summed E-state index contributed by atoms with van der Waals surface area (Å²) in [6.45, 7) is 0. The van der Waals surface area contributed by atoms with Crippen molar-refractivity contribution in [2.45, 2.75) is 17.0 Å². The van der Waals surface area contributed by atoms with Gasteiger partial charge in [0, 0.05) is 10.5 Å². The minimum absolute atomic E-state index is 0.0552. The molecule has 3 rings (SSSR count). The average molecular weight is 430 g/mol. The number of fused-ring (bicyclic) bond motifs is 1. The predicted molar refractivity (Wildman–Crippen MR) is 82.1 cm³/mol. The Balaban J connectivity index is 2.09. The maximum atomic E-state index is 13.4. The van der Waals surface area contributed by atoms with E-state index in [2.05, 4.69) is 19.8 Å². The summed E-state index contributed by atoms with van der Waals surface area (Å²) in [4.78, 5) is 5.50. The molecule has 0 N–H and O–H groups in total. The summed E-state index contributed by atoms with van der Waals surface area (Å²) in [5.41, 5.74) is -1.08. The molecule has 0 radical (unpaired) electrons. The third-order valence-corrected chi connectivity index (χ3v) is 5.60. The molecule has 0 aliphatic carbocycles. The van der Waals surface area contributed by atoms with Gasteiger partial charge in [0.05, 0.1) is 0 Å². The third-order valence-electron chi connectivity index (χ3n) is 3.01. The van der Waals surface area contributed by atoms with Crippen molar-refractivity contribution in [1.82, 2.24) is 4.98 Å². The summed E-state index contributed by atoms with van der Waals surface area (Å²) >= 11 is 4.54. The highest BCUT2D eigenvalue weighted by atomic mass is 79.9. The van der Waals surface area contributed by atoms with E-state index >= 15 is 0 Å².